The Morgan fingerprint density at radius 2 is 2.14 bits per heavy atom. The molecule has 0 unspecified atom stereocenters. The van der Waals surface area contributed by atoms with Gasteiger partial charge in [0.2, 0.25) is 0 Å². The molecule has 0 aromatic carbocycles. The van der Waals surface area contributed by atoms with Crippen LogP contribution in [0.1, 0.15) is 34.5 Å². The molecule has 1 saturated heterocycles. The molecule has 0 amide bonds. The molecule has 1 fully saturated rings. The molecule has 0 N–H and O–H groups in total. The largest absolute Gasteiger partial charge is 0.340 e. The summed E-state index contributed by atoms with van der Waals surface area (Å²) in [6, 6.07) is 11.0. The van der Waals surface area contributed by atoms with Crippen LogP contribution in [0.4, 0.5) is 0 Å². The maximum Gasteiger partial charge on any atom is 0.160 e. The van der Waals surface area contributed by atoms with Crippen molar-refractivity contribution in [2.24, 2.45) is 4.99 Å². The number of thiophene rings is 1. The second kappa shape index (κ2) is 5.14. The zero-order valence-corrected chi connectivity index (χ0v) is 13.7. The molecule has 3 atom stereocenters. The number of aryl methyl sites for hydroxylation is 1. The number of hydrogen-bond donors (Lipinski definition) is 0. The summed E-state index contributed by atoms with van der Waals surface area (Å²) >= 11 is 3.77. The molecule has 0 saturated carbocycles. The van der Waals surface area contributed by atoms with E-state index in [0.29, 0.717) is 11.3 Å². The lowest BCUT2D eigenvalue weighted by Crippen LogP contribution is -2.27. The summed E-state index contributed by atoms with van der Waals surface area (Å²) in [6.45, 7) is 5.52. The van der Waals surface area contributed by atoms with E-state index in [-0.39, 0.29) is 6.04 Å². The minimum Gasteiger partial charge on any atom is -0.340 e. The third-order valence-electron chi connectivity index (χ3n) is 3.93. The number of rotatable bonds is 2. The second-order valence-corrected chi connectivity index (χ2v) is 8.31. The predicted molar refractivity (Wildman–Crippen MR) is 90.0 cm³/mol. The first-order valence-electron chi connectivity index (χ1n) is 7.21. The van der Waals surface area contributed by atoms with Crippen molar-refractivity contribution in [1.29, 1.82) is 0 Å². The van der Waals surface area contributed by atoms with Gasteiger partial charge < -0.3 is 4.90 Å². The summed E-state index contributed by atoms with van der Waals surface area (Å²) in [7, 11) is 0. The van der Waals surface area contributed by atoms with E-state index in [9.17, 15) is 0 Å². The van der Waals surface area contributed by atoms with Crippen LogP contribution in [0.3, 0.4) is 0 Å². The average Bonchev–Trinajstić information content (AvgIpc) is 3.13. The molecule has 2 aromatic heterocycles. The van der Waals surface area contributed by atoms with Gasteiger partial charge >= 0.3 is 0 Å². The first kappa shape index (κ1) is 13.3. The van der Waals surface area contributed by atoms with Crippen LogP contribution in [0.2, 0.25) is 0 Å². The fourth-order valence-electron chi connectivity index (χ4n) is 3.04. The average molecular weight is 315 g/mol. The molecule has 0 bridgehead atoms. The van der Waals surface area contributed by atoms with Gasteiger partial charge in [-0.2, -0.15) is 0 Å². The van der Waals surface area contributed by atoms with Crippen LogP contribution in [0, 0.1) is 6.92 Å². The van der Waals surface area contributed by atoms with Crippen LogP contribution in [0.15, 0.2) is 41.5 Å². The zero-order chi connectivity index (χ0) is 14.4. The van der Waals surface area contributed by atoms with Gasteiger partial charge in [0, 0.05) is 27.7 Å². The fraction of sp³-hybridized carbons (Fsp3) is 0.375. The van der Waals surface area contributed by atoms with E-state index in [1.54, 1.807) is 0 Å². The predicted octanol–water partition coefficient (Wildman–Crippen LogP) is 4.04. The van der Waals surface area contributed by atoms with Gasteiger partial charge in [0.1, 0.15) is 6.04 Å². The highest BCUT2D eigenvalue weighted by atomic mass is 32.2. The summed E-state index contributed by atoms with van der Waals surface area (Å²) in [6.07, 6.45) is 1.87. The van der Waals surface area contributed by atoms with Crippen LogP contribution in [0.25, 0.3) is 0 Å². The highest BCUT2D eigenvalue weighted by molar-refractivity contribution is 8.14. The maximum absolute atomic E-state index is 4.99. The molecule has 2 aliphatic rings. The lowest BCUT2D eigenvalue weighted by Gasteiger charge is -2.25. The molecular weight excluding hydrogens is 298 g/mol. The third kappa shape index (κ3) is 2.28. The Bertz CT molecular complexity index is 680. The lowest BCUT2D eigenvalue weighted by atomic mass is 10.0. The van der Waals surface area contributed by atoms with Gasteiger partial charge in [0.15, 0.2) is 5.17 Å². The van der Waals surface area contributed by atoms with Gasteiger partial charge in [0.05, 0.1) is 11.7 Å². The molecule has 0 aliphatic carbocycles. The quantitative estimate of drug-likeness (QED) is 0.837. The third-order valence-corrected chi connectivity index (χ3v) is 6.11. The first-order valence-corrected chi connectivity index (χ1v) is 8.90. The van der Waals surface area contributed by atoms with E-state index < -0.39 is 0 Å². The van der Waals surface area contributed by atoms with Crippen molar-refractivity contribution >= 4 is 28.3 Å². The number of fused-ring (bicyclic) bond motifs is 1. The van der Waals surface area contributed by atoms with E-state index in [1.165, 1.54) is 14.9 Å². The van der Waals surface area contributed by atoms with Crippen LogP contribution >= 0.6 is 23.1 Å². The number of aromatic nitrogens is 1. The number of thioether (sulfide) groups is 1. The van der Waals surface area contributed by atoms with Crippen LogP contribution in [-0.2, 0) is 0 Å². The Balaban J connectivity index is 1.77. The van der Waals surface area contributed by atoms with Crippen molar-refractivity contribution < 1.29 is 0 Å². The molecular formula is C16H17N3S2. The van der Waals surface area contributed by atoms with Crippen molar-refractivity contribution in [3.8, 4) is 0 Å². The topological polar surface area (TPSA) is 28.5 Å². The Hall–Kier alpha value is -1.33. The van der Waals surface area contributed by atoms with E-state index in [2.05, 4.69) is 48.0 Å². The second-order valence-electron chi connectivity index (χ2n) is 5.59. The van der Waals surface area contributed by atoms with Crippen LogP contribution in [0.5, 0.6) is 0 Å². The minimum absolute atomic E-state index is 0.124. The highest BCUT2D eigenvalue weighted by Crippen LogP contribution is 2.48. The smallest absolute Gasteiger partial charge is 0.160 e. The first-order chi connectivity index (χ1) is 10.2. The standard InChI is InChI=1S/C16H17N3S2/c1-10-6-7-13(20-10)15-14(12-5-3-4-8-17-12)18-16-19(15)9-11(2)21-16/h3-8,11,14-15H,9H2,1-2H3/t11-,14-,15+/m0/s1. The molecule has 21 heavy (non-hydrogen) atoms. The van der Waals surface area contributed by atoms with E-state index in [4.69, 9.17) is 4.99 Å². The molecule has 3 nitrogen and oxygen atoms in total. The van der Waals surface area contributed by atoms with Crippen molar-refractivity contribution in [1.82, 2.24) is 9.88 Å². The number of hydrogen-bond acceptors (Lipinski definition) is 5. The minimum atomic E-state index is 0.124. The molecule has 4 heterocycles. The molecule has 2 aliphatic heterocycles. The lowest BCUT2D eigenvalue weighted by molar-refractivity contribution is 0.326. The van der Waals surface area contributed by atoms with Crippen molar-refractivity contribution in [3.05, 3.63) is 52.0 Å². The van der Waals surface area contributed by atoms with Gasteiger partial charge in [-0.3, -0.25) is 9.98 Å². The molecule has 108 valence electrons. The number of nitrogens with zero attached hydrogens (tertiary/aromatic N) is 3. The Kier molecular flexibility index (Phi) is 3.27. The summed E-state index contributed by atoms with van der Waals surface area (Å²) in [4.78, 5) is 14.8. The monoisotopic (exact) mass is 315 g/mol. The fourth-order valence-corrected chi connectivity index (χ4v) is 5.15. The summed E-state index contributed by atoms with van der Waals surface area (Å²) in [5.41, 5.74) is 1.07. The van der Waals surface area contributed by atoms with E-state index >= 15 is 0 Å². The maximum atomic E-state index is 4.99. The van der Waals surface area contributed by atoms with Crippen molar-refractivity contribution in [3.63, 3.8) is 0 Å². The summed E-state index contributed by atoms with van der Waals surface area (Å²) < 4.78 is 0. The highest BCUT2D eigenvalue weighted by Gasteiger charge is 2.43. The van der Waals surface area contributed by atoms with Gasteiger partial charge in [-0.1, -0.05) is 24.8 Å². The summed E-state index contributed by atoms with van der Waals surface area (Å²) in [5.74, 6) is 0. The Morgan fingerprint density at radius 3 is 2.86 bits per heavy atom. The van der Waals surface area contributed by atoms with E-state index in [1.807, 2.05) is 35.4 Å². The number of pyridine rings is 1. The van der Waals surface area contributed by atoms with Gasteiger partial charge in [-0.15, -0.1) is 11.3 Å². The van der Waals surface area contributed by atoms with E-state index in [0.717, 1.165) is 12.2 Å². The van der Waals surface area contributed by atoms with Crippen LogP contribution in [-0.4, -0.2) is 26.8 Å². The Morgan fingerprint density at radius 1 is 1.24 bits per heavy atom. The van der Waals surface area contributed by atoms with Gasteiger partial charge in [-0.05, 0) is 31.2 Å². The molecule has 0 spiro atoms. The normalized spacial score (nSPS) is 27.8. The Labute approximate surface area is 133 Å². The molecule has 0 radical (unpaired) electrons. The summed E-state index contributed by atoms with van der Waals surface area (Å²) in [5, 5.41) is 1.81. The van der Waals surface area contributed by atoms with Crippen LogP contribution < -0.4 is 0 Å². The zero-order valence-electron chi connectivity index (χ0n) is 12.1. The van der Waals surface area contributed by atoms with Gasteiger partial charge in [0.25, 0.3) is 0 Å². The van der Waals surface area contributed by atoms with Crippen molar-refractivity contribution in [2.45, 2.75) is 31.2 Å². The molecule has 5 heteroatoms. The van der Waals surface area contributed by atoms with Crippen molar-refractivity contribution in [2.75, 3.05) is 6.54 Å². The number of aliphatic imine (C=N–C) groups is 1. The molecule has 2 aromatic rings. The molecule has 4 rings (SSSR count). The van der Waals surface area contributed by atoms with Gasteiger partial charge in [-0.25, -0.2) is 0 Å². The SMILES string of the molecule is Cc1ccc([C@@H]2[C@H](c3ccccn3)N=C3S[C@@H](C)CN32)s1. The number of amidine groups is 1.